The summed E-state index contributed by atoms with van der Waals surface area (Å²) >= 11 is 1.70. The minimum Gasteiger partial charge on any atom is -0.367 e. The number of piperazine rings is 1. The van der Waals surface area contributed by atoms with Crippen molar-refractivity contribution in [2.24, 2.45) is 0 Å². The largest absolute Gasteiger partial charge is 0.367 e. The number of para-hydroxylation sites is 1. The molecule has 30 heavy (non-hydrogen) atoms. The van der Waals surface area contributed by atoms with Crippen LogP contribution in [0.25, 0.3) is 0 Å². The van der Waals surface area contributed by atoms with E-state index < -0.39 is 0 Å². The van der Waals surface area contributed by atoms with E-state index in [1.807, 2.05) is 25.1 Å². The number of halogens is 1. The summed E-state index contributed by atoms with van der Waals surface area (Å²) in [6.07, 6.45) is 3.25. The second kappa shape index (κ2) is 9.36. The average molecular weight is 425 g/mol. The normalized spacial score (nSPS) is 16.8. The van der Waals surface area contributed by atoms with Crippen molar-refractivity contribution in [1.82, 2.24) is 15.2 Å². The lowest BCUT2D eigenvalue weighted by Gasteiger charge is -2.42. The van der Waals surface area contributed by atoms with Gasteiger partial charge in [-0.25, -0.2) is 4.39 Å². The second-order valence-corrected chi connectivity index (χ2v) is 8.41. The number of anilines is 1. The van der Waals surface area contributed by atoms with Crippen LogP contribution in [0.3, 0.4) is 0 Å². The quantitative estimate of drug-likeness (QED) is 0.651. The topological polar surface area (TPSA) is 48.5 Å². The lowest BCUT2D eigenvalue weighted by Crippen LogP contribution is -2.52. The molecule has 3 heterocycles. The molecule has 1 amide bonds. The molecule has 156 valence electrons. The molecule has 1 saturated heterocycles. The summed E-state index contributed by atoms with van der Waals surface area (Å²) in [6.45, 7) is 5.13. The van der Waals surface area contributed by atoms with E-state index in [1.165, 1.54) is 10.9 Å². The van der Waals surface area contributed by atoms with Gasteiger partial charge in [-0.05, 0) is 42.6 Å². The minimum absolute atomic E-state index is 0.0681. The van der Waals surface area contributed by atoms with Crippen LogP contribution in [0.4, 0.5) is 10.1 Å². The molecule has 5 nitrogen and oxygen atoms in total. The molecule has 3 aromatic rings. The molecule has 2 aromatic heterocycles. The predicted octanol–water partition coefficient (Wildman–Crippen LogP) is 3.96. The van der Waals surface area contributed by atoms with Gasteiger partial charge in [-0.1, -0.05) is 18.2 Å². The number of aromatic nitrogens is 1. The predicted molar refractivity (Wildman–Crippen MR) is 118 cm³/mol. The average Bonchev–Trinajstić information content (AvgIpc) is 3.30. The number of amides is 1. The van der Waals surface area contributed by atoms with E-state index in [4.69, 9.17) is 0 Å². The Labute approximate surface area is 180 Å². The highest BCUT2D eigenvalue weighted by atomic mass is 32.1. The van der Waals surface area contributed by atoms with Crippen molar-refractivity contribution >= 4 is 22.9 Å². The van der Waals surface area contributed by atoms with Gasteiger partial charge in [-0.2, -0.15) is 0 Å². The van der Waals surface area contributed by atoms with Crippen molar-refractivity contribution in [3.8, 4) is 0 Å². The van der Waals surface area contributed by atoms with Crippen molar-refractivity contribution in [3.05, 3.63) is 82.6 Å². The van der Waals surface area contributed by atoms with E-state index in [2.05, 4.69) is 31.5 Å². The Morgan fingerprint density at radius 1 is 1.07 bits per heavy atom. The molecular weight excluding hydrogens is 399 g/mol. The van der Waals surface area contributed by atoms with E-state index in [1.54, 1.807) is 41.9 Å². The van der Waals surface area contributed by atoms with E-state index >= 15 is 0 Å². The van der Waals surface area contributed by atoms with Crippen molar-refractivity contribution in [3.63, 3.8) is 0 Å². The fourth-order valence-electron chi connectivity index (χ4n) is 4.02. The molecule has 0 radical (unpaired) electrons. The number of hydrogen-bond donors (Lipinski definition) is 1. The Hall–Kier alpha value is -2.77. The molecule has 0 spiro atoms. The number of pyridine rings is 1. The van der Waals surface area contributed by atoms with Crippen molar-refractivity contribution < 1.29 is 9.18 Å². The molecule has 1 N–H and O–H groups in total. The summed E-state index contributed by atoms with van der Waals surface area (Å²) in [7, 11) is 0. The Bertz CT molecular complexity index is 958. The Morgan fingerprint density at radius 3 is 2.47 bits per heavy atom. The van der Waals surface area contributed by atoms with Crippen LogP contribution in [-0.4, -0.2) is 48.0 Å². The van der Waals surface area contributed by atoms with Gasteiger partial charge in [0.1, 0.15) is 5.82 Å². The summed E-state index contributed by atoms with van der Waals surface area (Å²) in [5.74, 6) is -0.282. The zero-order valence-corrected chi connectivity index (χ0v) is 17.7. The molecule has 0 unspecified atom stereocenters. The summed E-state index contributed by atoms with van der Waals surface area (Å²) < 4.78 is 14.2. The molecule has 2 atom stereocenters. The standard InChI is InChI=1S/C23H25FN4OS/c1-17(26-23(29)18-8-10-25-11-9-18)22(21-7-4-16-30-21)28-14-12-27(13-15-28)20-6-3-2-5-19(20)24/h2-11,16-17,22H,12-15H2,1H3,(H,26,29)/t17-,22-/m1/s1. The Morgan fingerprint density at radius 2 is 1.80 bits per heavy atom. The molecule has 1 aromatic carbocycles. The number of rotatable bonds is 6. The lowest BCUT2D eigenvalue weighted by molar-refractivity contribution is 0.0890. The van der Waals surface area contributed by atoms with Crippen molar-refractivity contribution in [1.29, 1.82) is 0 Å². The van der Waals surface area contributed by atoms with Crippen LogP contribution in [0.1, 0.15) is 28.2 Å². The summed E-state index contributed by atoms with van der Waals surface area (Å²) in [6, 6.07) is 14.5. The van der Waals surface area contributed by atoms with Crippen LogP contribution in [0.2, 0.25) is 0 Å². The summed E-state index contributed by atoms with van der Waals surface area (Å²) in [5, 5.41) is 5.22. The van der Waals surface area contributed by atoms with Gasteiger partial charge in [0, 0.05) is 55.1 Å². The van der Waals surface area contributed by atoms with Crippen LogP contribution >= 0.6 is 11.3 Å². The van der Waals surface area contributed by atoms with E-state index in [9.17, 15) is 9.18 Å². The molecule has 1 fully saturated rings. The van der Waals surface area contributed by atoms with E-state index in [0.29, 0.717) is 11.3 Å². The van der Waals surface area contributed by atoms with Gasteiger partial charge >= 0.3 is 0 Å². The number of nitrogens with zero attached hydrogens (tertiary/aromatic N) is 3. The van der Waals surface area contributed by atoms with E-state index in [0.717, 1.165) is 26.2 Å². The van der Waals surface area contributed by atoms with Gasteiger partial charge < -0.3 is 10.2 Å². The summed E-state index contributed by atoms with van der Waals surface area (Å²) in [5.41, 5.74) is 1.26. The SMILES string of the molecule is C[C@@H](NC(=O)c1ccncc1)[C@H](c1cccs1)N1CCN(c2ccccc2F)CC1. The lowest BCUT2D eigenvalue weighted by atomic mass is 10.0. The zero-order chi connectivity index (χ0) is 20.9. The monoisotopic (exact) mass is 424 g/mol. The van der Waals surface area contributed by atoms with Crippen LogP contribution in [-0.2, 0) is 0 Å². The number of thiophene rings is 1. The number of carbonyl (C=O) groups is 1. The van der Waals surface area contributed by atoms with Gasteiger partial charge in [0.15, 0.2) is 0 Å². The van der Waals surface area contributed by atoms with Crippen LogP contribution in [0, 0.1) is 5.82 Å². The number of nitrogens with one attached hydrogen (secondary N) is 1. The number of carbonyl (C=O) groups excluding carboxylic acids is 1. The molecular formula is C23H25FN4OS. The maximum Gasteiger partial charge on any atom is 0.251 e. The maximum absolute atomic E-state index is 14.2. The fourth-order valence-corrected chi connectivity index (χ4v) is 4.99. The van der Waals surface area contributed by atoms with Crippen molar-refractivity contribution in [2.45, 2.75) is 19.0 Å². The first-order valence-corrected chi connectivity index (χ1v) is 11.0. The van der Waals surface area contributed by atoms with Crippen LogP contribution in [0.5, 0.6) is 0 Å². The molecule has 4 rings (SSSR count). The molecule has 0 saturated carbocycles. The van der Waals surface area contributed by atoms with Gasteiger partial charge in [-0.15, -0.1) is 11.3 Å². The number of hydrogen-bond acceptors (Lipinski definition) is 5. The third-order valence-corrected chi connectivity index (χ3v) is 6.45. The summed E-state index contributed by atoms with van der Waals surface area (Å²) in [4.78, 5) is 22.4. The van der Waals surface area contributed by atoms with Gasteiger partial charge in [0.05, 0.1) is 11.7 Å². The first-order valence-electron chi connectivity index (χ1n) is 10.1. The Balaban J connectivity index is 1.47. The minimum atomic E-state index is -0.182. The van der Waals surface area contributed by atoms with Gasteiger partial charge in [0.25, 0.3) is 5.91 Å². The number of benzene rings is 1. The molecule has 0 bridgehead atoms. The molecule has 0 aliphatic carbocycles. The highest BCUT2D eigenvalue weighted by molar-refractivity contribution is 7.10. The van der Waals surface area contributed by atoms with Gasteiger partial charge in [-0.3, -0.25) is 14.7 Å². The zero-order valence-electron chi connectivity index (χ0n) is 16.9. The third kappa shape index (κ3) is 4.52. The van der Waals surface area contributed by atoms with Crippen LogP contribution in [0.15, 0.2) is 66.3 Å². The highest BCUT2D eigenvalue weighted by Gasteiger charge is 2.31. The molecule has 1 aliphatic rings. The van der Waals surface area contributed by atoms with Crippen LogP contribution < -0.4 is 10.2 Å². The molecule has 1 aliphatic heterocycles. The molecule has 7 heteroatoms. The maximum atomic E-state index is 14.2. The van der Waals surface area contributed by atoms with Crippen molar-refractivity contribution in [2.75, 3.05) is 31.1 Å². The van der Waals surface area contributed by atoms with E-state index in [-0.39, 0.29) is 23.8 Å². The smallest absolute Gasteiger partial charge is 0.251 e. The third-order valence-electron chi connectivity index (χ3n) is 5.51. The van der Waals surface area contributed by atoms with Gasteiger partial charge in [0.2, 0.25) is 0 Å². The highest BCUT2D eigenvalue weighted by Crippen LogP contribution is 2.30. The Kier molecular flexibility index (Phi) is 6.40. The fraction of sp³-hybridized carbons (Fsp3) is 0.304. The first kappa shape index (κ1) is 20.5. The first-order chi connectivity index (χ1) is 14.6. The second-order valence-electron chi connectivity index (χ2n) is 7.43.